The van der Waals surface area contributed by atoms with E-state index < -0.39 is 14.4 Å². The molecule has 2 aromatic carbocycles. The highest BCUT2D eigenvalue weighted by molar-refractivity contribution is 6.99. The fraction of sp³-hybridized carbons (Fsp3) is 0.423. The van der Waals surface area contributed by atoms with Crippen LogP contribution in [0.15, 0.2) is 72.8 Å². The molecule has 2 aromatic rings. The highest BCUT2D eigenvalue weighted by Crippen LogP contribution is 2.37. The van der Waals surface area contributed by atoms with Crippen LogP contribution in [-0.2, 0) is 9.22 Å². The summed E-state index contributed by atoms with van der Waals surface area (Å²) >= 11 is 0. The van der Waals surface area contributed by atoms with Crippen LogP contribution in [0.1, 0.15) is 59.8 Å². The number of benzene rings is 2. The summed E-state index contributed by atoms with van der Waals surface area (Å²) in [5.74, 6) is 0. The number of carbonyl (C=O) groups is 1. The zero-order valence-electron chi connectivity index (χ0n) is 18.4. The second kappa shape index (κ2) is 11.3. The van der Waals surface area contributed by atoms with Crippen molar-refractivity contribution in [3.05, 3.63) is 72.8 Å². The average molecular weight is 409 g/mol. The molecule has 0 N–H and O–H groups in total. The molecule has 3 heteroatoms. The zero-order valence-corrected chi connectivity index (χ0v) is 19.4. The molecule has 0 radical (unpaired) electrons. The summed E-state index contributed by atoms with van der Waals surface area (Å²) in [6, 6.07) is 21.0. The Balaban J connectivity index is 2.38. The number of hydrogen-bond donors (Lipinski definition) is 0. The number of allylic oxidation sites excluding steroid dienone is 1. The Morgan fingerprint density at radius 2 is 1.45 bits per heavy atom. The molecule has 0 aliphatic carbocycles. The Bertz CT molecular complexity index is 708. The number of aldehydes is 1. The lowest BCUT2D eigenvalue weighted by Crippen LogP contribution is -2.67. The molecule has 0 aliphatic rings. The molecule has 0 aromatic heterocycles. The van der Waals surface area contributed by atoms with Crippen molar-refractivity contribution in [2.75, 3.05) is 0 Å². The van der Waals surface area contributed by atoms with E-state index in [-0.39, 0.29) is 5.04 Å². The van der Waals surface area contributed by atoms with Crippen molar-refractivity contribution in [3.63, 3.8) is 0 Å². The van der Waals surface area contributed by atoms with Crippen LogP contribution in [0.4, 0.5) is 0 Å². The van der Waals surface area contributed by atoms with Gasteiger partial charge in [0.25, 0.3) is 8.32 Å². The molecule has 1 atom stereocenters. The maximum atomic E-state index is 12.0. The van der Waals surface area contributed by atoms with Gasteiger partial charge in [0, 0.05) is 0 Å². The van der Waals surface area contributed by atoms with E-state index in [1.165, 1.54) is 29.6 Å². The lowest BCUT2D eigenvalue weighted by molar-refractivity contribution is -0.113. The SMILES string of the molecule is CCCCCC=CCC(C=O)O[Si](c1ccccc1)(c1ccccc1)C(C)(C)C. The van der Waals surface area contributed by atoms with E-state index in [4.69, 9.17) is 4.43 Å². The van der Waals surface area contributed by atoms with Crippen molar-refractivity contribution >= 4 is 25.0 Å². The van der Waals surface area contributed by atoms with Crippen LogP contribution in [0.25, 0.3) is 0 Å². The van der Waals surface area contributed by atoms with E-state index in [9.17, 15) is 4.79 Å². The summed E-state index contributed by atoms with van der Waals surface area (Å²) in [5, 5.41) is 2.29. The Hall–Kier alpha value is -1.97. The Kier molecular flexibility index (Phi) is 9.06. The maximum absolute atomic E-state index is 12.0. The van der Waals surface area contributed by atoms with Gasteiger partial charge < -0.3 is 9.22 Å². The summed E-state index contributed by atoms with van der Waals surface area (Å²) < 4.78 is 6.87. The fourth-order valence-electron chi connectivity index (χ4n) is 3.91. The number of rotatable bonds is 11. The number of carbonyl (C=O) groups excluding carboxylic acids is 1. The Labute approximate surface area is 178 Å². The van der Waals surface area contributed by atoms with Gasteiger partial charge in [0.05, 0.1) is 0 Å². The second-order valence-corrected chi connectivity index (χ2v) is 12.9. The molecule has 2 nitrogen and oxygen atoms in total. The molecule has 1 unspecified atom stereocenters. The quantitative estimate of drug-likeness (QED) is 0.208. The second-order valence-electron chi connectivity index (χ2n) is 8.66. The van der Waals surface area contributed by atoms with Gasteiger partial charge in [-0.3, -0.25) is 0 Å². The average Bonchev–Trinajstić information content (AvgIpc) is 2.73. The zero-order chi connectivity index (χ0) is 21.2. The van der Waals surface area contributed by atoms with Crippen LogP contribution in [0.2, 0.25) is 5.04 Å². The monoisotopic (exact) mass is 408 g/mol. The van der Waals surface area contributed by atoms with Crippen LogP contribution >= 0.6 is 0 Å². The molecule has 0 saturated heterocycles. The number of unbranched alkanes of at least 4 members (excludes halogenated alkanes) is 3. The van der Waals surface area contributed by atoms with Crippen LogP contribution in [-0.4, -0.2) is 20.7 Å². The van der Waals surface area contributed by atoms with Crippen molar-refractivity contribution in [2.45, 2.75) is 70.9 Å². The third-order valence-corrected chi connectivity index (χ3v) is 10.5. The van der Waals surface area contributed by atoms with Crippen molar-refractivity contribution < 1.29 is 9.22 Å². The van der Waals surface area contributed by atoms with E-state index in [2.05, 4.69) is 88.4 Å². The van der Waals surface area contributed by atoms with E-state index in [1.54, 1.807) is 0 Å². The van der Waals surface area contributed by atoms with Gasteiger partial charge in [0.15, 0.2) is 0 Å². The topological polar surface area (TPSA) is 26.3 Å². The minimum absolute atomic E-state index is 0.123. The molecule has 156 valence electrons. The summed E-state index contributed by atoms with van der Waals surface area (Å²) in [7, 11) is -2.68. The molecule has 0 spiro atoms. The lowest BCUT2D eigenvalue weighted by atomic mass is 10.2. The summed E-state index contributed by atoms with van der Waals surface area (Å²) in [4.78, 5) is 12.0. The van der Waals surface area contributed by atoms with E-state index >= 15 is 0 Å². The van der Waals surface area contributed by atoms with Crippen molar-refractivity contribution in [2.24, 2.45) is 0 Å². The lowest BCUT2D eigenvalue weighted by Gasteiger charge is -2.44. The molecule has 0 aliphatic heterocycles. The fourth-order valence-corrected chi connectivity index (χ4v) is 8.53. The van der Waals surface area contributed by atoms with Crippen LogP contribution in [0.5, 0.6) is 0 Å². The van der Waals surface area contributed by atoms with Crippen LogP contribution in [0.3, 0.4) is 0 Å². The first-order valence-electron chi connectivity index (χ1n) is 10.8. The molecule has 0 fully saturated rings. The Morgan fingerprint density at radius 1 is 0.897 bits per heavy atom. The third-order valence-electron chi connectivity index (χ3n) is 5.41. The minimum atomic E-state index is -2.68. The van der Waals surface area contributed by atoms with Gasteiger partial charge in [0.1, 0.15) is 12.4 Å². The van der Waals surface area contributed by atoms with Crippen LogP contribution in [0, 0.1) is 0 Å². The molecular formula is C26H36O2Si. The summed E-state index contributed by atoms with van der Waals surface area (Å²) in [6.07, 6.45) is 10.2. The molecule has 29 heavy (non-hydrogen) atoms. The molecule has 0 bridgehead atoms. The highest BCUT2D eigenvalue weighted by Gasteiger charge is 2.51. The Morgan fingerprint density at radius 3 is 1.90 bits per heavy atom. The van der Waals surface area contributed by atoms with E-state index in [0.29, 0.717) is 6.42 Å². The smallest absolute Gasteiger partial charge is 0.262 e. The maximum Gasteiger partial charge on any atom is 0.262 e. The largest absolute Gasteiger partial charge is 0.397 e. The van der Waals surface area contributed by atoms with E-state index in [0.717, 1.165) is 12.7 Å². The minimum Gasteiger partial charge on any atom is -0.397 e. The van der Waals surface area contributed by atoms with Gasteiger partial charge in [-0.15, -0.1) is 0 Å². The normalized spacial score (nSPS) is 13.5. The number of hydrogen-bond acceptors (Lipinski definition) is 2. The van der Waals surface area contributed by atoms with Gasteiger partial charge in [-0.25, -0.2) is 0 Å². The van der Waals surface area contributed by atoms with Crippen molar-refractivity contribution in [1.82, 2.24) is 0 Å². The first kappa shape index (κ1) is 23.3. The van der Waals surface area contributed by atoms with Gasteiger partial charge in [0.2, 0.25) is 0 Å². The van der Waals surface area contributed by atoms with Crippen molar-refractivity contribution in [3.8, 4) is 0 Å². The van der Waals surface area contributed by atoms with Gasteiger partial charge in [-0.1, -0.05) is 113 Å². The van der Waals surface area contributed by atoms with Crippen LogP contribution < -0.4 is 10.4 Å². The first-order valence-corrected chi connectivity index (χ1v) is 12.8. The summed E-state index contributed by atoms with van der Waals surface area (Å²) in [6.45, 7) is 8.93. The summed E-state index contributed by atoms with van der Waals surface area (Å²) in [5.41, 5.74) is 0. The molecule has 0 amide bonds. The molecule has 2 rings (SSSR count). The van der Waals surface area contributed by atoms with E-state index in [1.807, 2.05) is 12.1 Å². The van der Waals surface area contributed by atoms with Gasteiger partial charge >= 0.3 is 0 Å². The highest BCUT2D eigenvalue weighted by atomic mass is 28.4. The molecular weight excluding hydrogens is 372 g/mol. The predicted octanol–water partition coefficient (Wildman–Crippen LogP) is 5.66. The molecule has 0 saturated carbocycles. The van der Waals surface area contributed by atoms with Gasteiger partial charge in [-0.2, -0.15) is 0 Å². The predicted molar refractivity (Wildman–Crippen MR) is 126 cm³/mol. The first-order chi connectivity index (χ1) is 14.0. The van der Waals surface area contributed by atoms with Gasteiger partial charge in [-0.05, 0) is 34.7 Å². The third kappa shape index (κ3) is 6.00. The van der Waals surface area contributed by atoms with Crippen molar-refractivity contribution in [1.29, 1.82) is 0 Å². The molecule has 0 heterocycles. The standard InChI is InChI=1S/C26H36O2Si/c1-5-6-7-8-9-12-17-23(22-27)28-29(26(2,3)4,24-18-13-10-14-19-24)25-20-15-11-16-21-25/h9-16,18-23H,5-8,17H2,1-4H3.